The molecule has 0 aliphatic carbocycles. The van der Waals surface area contributed by atoms with Crippen molar-refractivity contribution in [2.24, 2.45) is 5.73 Å². The lowest BCUT2D eigenvalue weighted by Crippen LogP contribution is -2.45. The monoisotopic (exact) mass is 493 g/mol. The van der Waals surface area contributed by atoms with Crippen molar-refractivity contribution in [2.45, 2.75) is 31.9 Å². The van der Waals surface area contributed by atoms with Crippen LogP contribution in [0.2, 0.25) is 0 Å². The molecule has 0 saturated carbocycles. The first-order chi connectivity index (χ1) is 16.1. The van der Waals surface area contributed by atoms with Crippen molar-refractivity contribution in [3.63, 3.8) is 0 Å². The number of urea groups is 1. The molecule has 2 aliphatic rings. The van der Waals surface area contributed by atoms with Gasteiger partial charge in [0.1, 0.15) is 5.75 Å². The van der Waals surface area contributed by atoms with Gasteiger partial charge in [0.2, 0.25) is 0 Å². The molecule has 1 saturated heterocycles. The topological polar surface area (TPSA) is 92.0 Å². The van der Waals surface area contributed by atoms with Crippen LogP contribution in [0, 0.1) is 0 Å². The molecule has 1 atom stereocenters. The number of rotatable bonds is 7. The van der Waals surface area contributed by atoms with E-state index in [0.717, 1.165) is 5.69 Å². The SMILES string of the molecule is CC1=C(C(N)=O)SC(N2CCN(Cc3ccc(OC(F)(F)F)cc3)C2=O)N1Cc1ccccn1. The summed E-state index contributed by atoms with van der Waals surface area (Å²) in [6.07, 6.45) is -3.08. The Balaban J connectivity index is 1.46. The van der Waals surface area contributed by atoms with Gasteiger partial charge in [0, 0.05) is 31.5 Å². The highest BCUT2D eigenvalue weighted by Crippen LogP contribution is 2.41. The number of hydrogen-bond acceptors (Lipinski definition) is 6. The molecule has 34 heavy (non-hydrogen) atoms. The standard InChI is InChI=1S/C22H22F3N5O3S/c1-14-18(19(26)31)34-21(30(14)13-16-4-2-3-9-27-16)29-11-10-28(20(29)32)12-15-5-7-17(8-6-15)33-22(23,24)25/h2-9,21H,10-13H2,1H3,(H2,26,31). The third kappa shape index (κ3) is 5.22. The van der Waals surface area contributed by atoms with E-state index in [2.05, 4.69) is 9.72 Å². The first-order valence-electron chi connectivity index (χ1n) is 10.4. The van der Waals surface area contributed by atoms with E-state index in [9.17, 15) is 22.8 Å². The Bertz CT molecular complexity index is 1100. The average molecular weight is 494 g/mol. The summed E-state index contributed by atoms with van der Waals surface area (Å²) >= 11 is 1.23. The maximum absolute atomic E-state index is 13.2. The van der Waals surface area contributed by atoms with Gasteiger partial charge in [0.05, 0.1) is 17.1 Å². The highest BCUT2D eigenvalue weighted by atomic mass is 32.2. The van der Waals surface area contributed by atoms with E-state index in [4.69, 9.17) is 5.73 Å². The van der Waals surface area contributed by atoms with Crippen LogP contribution in [0.25, 0.3) is 0 Å². The summed E-state index contributed by atoms with van der Waals surface area (Å²) in [5.41, 5.74) is 7.23. The highest BCUT2D eigenvalue weighted by Gasteiger charge is 2.42. The molecule has 8 nitrogen and oxygen atoms in total. The molecular formula is C22H22F3N5O3S. The zero-order valence-electron chi connectivity index (χ0n) is 18.2. The molecule has 2 aliphatic heterocycles. The minimum Gasteiger partial charge on any atom is -0.406 e. The van der Waals surface area contributed by atoms with Gasteiger partial charge >= 0.3 is 12.4 Å². The fraction of sp³-hybridized carbons (Fsp3) is 0.318. The second-order valence-corrected chi connectivity index (χ2v) is 8.83. The number of benzene rings is 1. The Morgan fingerprint density at radius 3 is 2.53 bits per heavy atom. The number of nitrogens with zero attached hydrogens (tertiary/aromatic N) is 4. The summed E-state index contributed by atoms with van der Waals surface area (Å²) in [6, 6.07) is 10.7. The van der Waals surface area contributed by atoms with Crippen LogP contribution in [-0.2, 0) is 17.9 Å². The predicted molar refractivity (Wildman–Crippen MR) is 119 cm³/mol. The third-order valence-corrected chi connectivity index (χ3v) is 6.91. The molecule has 12 heteroatoms. The molecule has 3 heterocycles. The number of halogens is 3. The number of hydrogen-bond donors (Lipinski definition) is 1. The van der Waals surface area contributed by atoms with Crippen LogP contribution >= 0.6 is 11.8 Å². The average Bonchev–Trinajstić information content (AvgIpc) is 3.29. The molecule has 1 unspecified atom stereocenters. The van der Waals surface area contributed by atoms with Gasteiger partial charge in [-0.05, 0) is 36.8 Å². The number of allylic oxidation sites excluding steroid dienone is 1. The van der Waals surface area contributed by atoms with Crippen LogP contribution in [0.3, 0.4) is 0 Å². The number of alkyl halides is 3. The fourth-order valence-corrected chi connectivity index (χ4v) is 5.15. The number of carbonyl (C=O) groups is 2. The maximum atomic E-state index is 13.2. The number of nitrogens with two attached hydrogens (primary N) is 1. The summed E-state index contributed by atoms with van der Waals surface area (Å²) in [6.45, 7) is 3.27. The molecule has 1 fully saturated rings. The Hall–Kier alpha value is -3.41. The molecule has 0 radical (unpaired) electrons. The van der Waals surface area contributed by atoms with Gasteiger partial charge in [-0.2, -0.15) is 0 Å². The van der Waals surface area contributed by atoms with Gasteiger partial charge in [-0.3, -0.25) is 14.7 Å². The van der Waals surface area contributed by atoms with Crippen LogP contribution in [-0.4, -0.2) is 56.6 Å². The number of ether oxygens (including phenoxy) is 1. The molecule has 1 aromatic heterocycles. The van der Waals surface area contributed by atoms with Crippen LogP contribution in [0.4, 0.5) is 18.0 Å². The number of pyridine rings is 1. The van der Waals surface area contributed by atoms with Crippen LogP contribution < -0.4 is 10.5 Å². The number of amides is 3. The largest absolute Gasteiger partial charge is 0.573 e. The van der Waals surface area contributed by atoms with Crippen LogP contribution in [0.15, 0.2) is 59.3 Å². The van der Waals surface area contributed by atoms with Crippen molar-refractivity contribution in [1.29, 1.82) is 0 Å². The van der Waals surface area contributed by atoms with Gasteiger partial charge in [-0.15, -0.1) is 13.2 Å². The van der Waals surface area contributed by atoms with Crippen molar-refractivity contribution in [3.05, 3.63) is 70.5 Å². The van der Waals surface area contributed by atoms with Gasteiger partial charge in [-0.25, -0.2) is 4.79 Å². The van der Waals surface area contributed by atoms with E-state index >= 15 is 0 Å². The second kappa shape index (κ2) is 9.45. The van der Waals surface area contributed by atoms with E-state index in [-0.39, 0.29) is 18.3 Å². The zero-order valence-corrected chi connectivity index (χ0v) is 19.0. The van der Waals surface area contributed by atoms with Crippen molar-refractivity contribution in [1.82, 2.24) is 19.7 Å². The lowest BCUT2D eigenvalue weighted by Gasteiger charge is -2.33. The molecule has 0 spiro atoms. The molecule has 3 amide bonds. The number of carbonyl (C=O) groups excluding carboxylic acids is 2. The molecule has 0 bridgehead atoms. The van der Waals surface area contributed by atoms with Crippen molar-refractivity contribution >= 4 is 23.7 Å². The molecule has 2 aromatic rings. The first-order valence-corrected chi connectivity index (χ1v) is 11.2. The summed E-state index contributed by atoms with van der Waals surface area (Å²) in [7, 11) is 0. The number of aromatic nitrogens is 1. The predicted octanol–water partition coefficient (Wildman–Crippen LogP) is 3.47. The van der Waals surface area contributed by atoms with Gasteiger partial charge < -0.3 is 20.3 Å². The lowest BCUT2D eigenvalue weighted by atomic mass is 10.2. The van der Waals surface area contributed by atoms with Gasteiger partial charge in [0.15, 0.2) is 5.50 Å². The Morgan fingerprint density at radius 1 is 1.18 bits per heavy atom. The first kappa shape index (κ1) is 23.7. The van der Waals surface area contributed by atoms with E-state index in [1.54, 1.807) is 29.0 Å². The molecular weight excluding hydrogens is 471 g/mol. The van der Waals surface area contributed by atoms with E-state index in [1.165, 1.54) is 36.0 Å². The summed E-state index contributed by atoms with van der Waals surface area (Å²) in [5, 5.41) is 0. The minimum atomic E-state index is -4.76. The smallest absolute Gasteiger partial charge is 0.406 e. The minimum absolute atomic E-state index is 0.231. The fourth-order valence-electron chi connectivity index (χ4n) is 3.85. The molecule has 4 rings (SSSR count). The maximum Gasteiger partial charge on any atom is 0.573 e. The second-order valence-electron chi connectivity index (χ2n) is 7.76. The molecule has 1 aromatic carbocycles. The van der Waals surface area contributed by atoms with E-state index < -0.39 is 17.8 Å². The Kier molecular flexibility index (Phi) is 6.60. The van der Waals surface area contributed by atoms with Crippen molar-refractivity contribution < 1.29 is 27.5 Å². The molecule has 2 N–H and O–H groups in total. The summed E-state index contributed by atoms with van der Waals surface area (Å²) in [5.74, 6) is -0.876. The van der Waals surface area contributed by atoms with E-state index in [1.807, 2.05) is 17.0 Å². The Labute approximate surface area is 198 Å². The van der Waals surface area contributed by atoms with Crippen LogP contribution in [0.1, 0.15) is 18.2 Å². The summed E-state index contributed by atoms with van der Waals surface area (Å²) < 4.78 is 41.0. The van der Waals surface area contributed by atoms with Crippen molar-refractivity contribution in [2.75, 3.05) is 13.1 Å². The third-order valence-electron chi connectivity index (χ3n) is 5.46. The van der Waals surface area contributed by atoms with Crippen LogP contribution in [0.5, 0.6) is 5.75 Å². The Morgan fingerprint density at radius 2 is 1.91 bits per heavy atom. The lowest BCUT2D eigenvalue weighted by molar-refractivity contribution is -0.274. The zero-order chi connectivity index (χ0) is 24.5. The highest BCUT2D eigenvalue weighted by molar-refractivity contribution is 8.04. The molecule has 180 valence electrons. The number of thioether (sulfide) groups is 1. The quantitative estimate of drug-likeness (QED) is 0.635. The summed E-state index contributed by atoms with van der Waals surface area (Å²) in [4.78, 5) is 35.1. The van der Waals surface area contributed by atoms with Gasteiger partial charge in [0.25, 0.3) is 5.91 Å². The number of primary amides is 1. The van der Waals surface area contributed by atoms with Gasteiger partial charge in [-0.1, -0.05) is 30.0 Å². The van der Waals surface area contributed by atoms with E-state index in [0.29, 0.717) is 35.8 Å². The normalized spacial score (nSPS) is 18.8. The van der Waals surface area contributed by atoms with Crippen molar-refractivity contribution in [3.8, 4) is 5.75 Å².